The topological polar surface area (TPSA) is 44.7 Å². The number of nitrogens with one attached hydrogen (secondary N) is 1. The molecule has 4 nitrogen and oxygen atoms in total. The van der Waals surface area contributed by atoms with Gasteiger partial charge in [-0.3, -0.25) is 0 Å². The summed E-state index contributed by atoms with van der Waals surface area (Å²) >= 11 is 0. The summed E-state index contributed by atoms with van der Waals surface area (Å²) in [4.78, 5) is 2.51. The maximum absolute atomic E-state index is 9.22. The van der Waals surface area contributed by atoms with Crippen molar-refractivity contribution in [3.63, 3.8) is 0 Å². The number of aliphatic hydroxyl groups excluding tert-OH is 1. The lowest BCUT2D eigenvalue weighted by molar-refractivity contribution is 0.113. The van der Waals surface area contributed by atoms with E-state index in [1.807, 2.05) is 0 Å². The first-order valence-electron chi connectivity index (χ1n) is 7.28. The maximum Gasteiger partial charge on any atom is 0.0547 e. The molecule has 106 valence electrons. The molecule has 0 aromatic carbocycles. The van der Waals surface area contributed by atoms with E-state index in [0.717, 1.165) is 52.2 Å². The fraction of sp³-hybridized carbons (Fsp3) is 1.00. The molecule has 2 saturated heterocycles. The summed E-state index contributed by atoms with van der Waals surface area (Å²) in [5, 5.41) is 12.8. The molecule has 0 radical (unpaired) electrons. The summed E-state index contributed by atoms with van der Waals surface area (Å²) in [5.74, 6) is 0.488. The molecule has 2 fully saturated rings. The Morgan fingerprint density at radius 3 is 2.89 bits per heavy atom. The molecule has 2 atom stereocenters. The minimum atomic E-state index is 0.286. The highest BCUT2D eigenvalue weighted by Crippen LogP contribution is 2.31. The molecule has 2 rings (SSSR count). The molecule has 0 aliphatic carbocycles. The molecule has 2 heterocycles. The largest absolute Gasteiger partial charge is 0.396 e. The first kappa shape index (κ1) is 14.3. The van der Waals surface area contributed by atoms with E-state index < -0.39 is 0 Å². The molecule has 0 bridgehead atoms. The number of rotatable bonds is 6. The molecular formula is C14H28N2O2. The van der Waals surface area contributed by atoms with Crippen LogP contribution in [0.5, 0.6) is 0 Å². The van der Waals surface area contributed by atoms with Crippen molar-refractivity contribution in [2.75, 3.05) is 46.0 Å². The third kappa shape index (κ3) is 3.67. The lowest BCUT2D eigenvalue weighted by atomic mass is 9.86. The Morgan fingerprint density at radius 2 is 2.33 bits per heavy atom. The normalized spacial score (nSPS) is 33.7. The van der Waals surface area contributed by atoms with Crippen LogP contribution in [-0.2, 0) is 4.74 Å². The van der Waals surface area contributed by atoms with Gasteiger partial charge in [0, 0.05) is 44.3 Å². The predicted octanol–water partition coefficient (Wildman–Crippen LogP) is 0.705. The van der Waals surface area contributed by atoms with Gasteiger partial charge in [0.15, 0.2) is 0 Å². The molecule has 0 saturated carbocycles. The van der Waals surface area contributed by atoms with Gasteiger partial charge in [-0.05, 0) is 25.3 Å². The Bertz CT molecular complexity index is 252. The smallest absolute Gasteiger partial charge is 0.0547 e. The van der Waals surface area contributed by atoms with Crippen molar-refractivity contribution in [3.05, 3.63) is 0 Å². The molecular weight excluding hydrogens is 228 g/mol. The summed E-state index contributed by atoms with van der Waals surface area (Å²) in [5.41, 5.74) is 0.286. The van der Waals surface area contributed by atoms with E-state index in [1.165, 1.54) is 0 Å². The Labute approximate surface area is 111 Å². The van der Waals surface area contributed by atoms with Crippen molar-refractivity contribution in [1.29, 1.82) is 0 Å². The van der Waals surface area contributed by atoms with Gasteiger partial charge >= 0.3 is 0 Å². The molecule has 2 aliphatic heterocycles. The van der Waals surface area contributed by atoms with Crippen molar-refractivity contribution in [2.24, 2.45) is 11.3 Å². The number of hydrogen-bond acceptors (Lipinski definition) is 4. The second kappa shape index (κ2) is 6.33. The van der Waals surface area contributed by atoms with E-state index in [4.69, 9.17) is 4.74 Å². The van der Waals surface area contributed by atoms with Gasteiger partial charge in [0.1, 0.15) is 0 Å². The minimum absolute atomic E-state index is 0.286. The summed E-state index contributed by atoms with van der Waals surface area (Å²) in [6, 6.07) is 0.534. The summed E-state index contributed by atoms with van der Waals surface area (Å²) in [7, 11) is 0. The first-order valence-corrected chi connectivity index (χ1v) is 7.28. The third-order valence-electron chi connectivity index (χ3n) is 4.26. The van der Waals surface area contributed by atoms with E-state index in [1.54, 1.807) is 0 Å². The molecule has 0 spiro atoms. The van der Waals surface area contributed by atoms with Gasteiger partial charge < -0.3 is 20.1 Å². The van der Waals surface area contributed by atoms with Gasteiger partial charge in [-0.2, -0.15) is 0 Å². The average Bonchev–Trinajstić information content (AvgIpc) is 2.97. The van der Waals surface area contributed by atoms with Crippen LogP contribution in [0.3, 0.4) is 0 Å². The van der Waals surface area contributed by atoms with Crippen molar-refractivity contribution in [2.45, 2.75) is 32.7 Å². The molecule has 4 heteroatoms. The fourth-order valence-corrected chi connectivity index (χ4v) is 3.07. The van der Waals surface area contributed by atoms with E-state index in [0.29, 0.717) is 18.6 Å². The highest BCUT2D eigenvalue weighted by atomic mass is 16.5. The van der Waals surface area contributed by atoms with E-state index in [2.05, 4.69) is 24.1 Å². The lowest BCUT2D eigenvalue weighted by Crippen LogP contribution is -2.45. The fourth-order valence-electron chi connectivity index (χ4n) is 3.07. The van der Waals surface area contributed by atoms with Gasteiger partial charge in [-0.25, -0.2) is 0 Å². The Hall–Kier alpha value is -0.160. The number of aliphatic hydroxyl groups is 1. The van der Waals surface area contributed by atoms with Crippen molar-refractivity contribution >= 4 is 0 Å². The number of nitrogens with zero attached hydrogens (tertiary/aromatic N) is 1. The highest BCUT2D eigenvalue weighted by Gasteiger charge is 2.38. The SMILES string of the molecule is CC(C)NCC1(CN2CCC(CO)C2)CCOC1. The predicted molar refractivity (Wildman–Crippen MR) is 72.6 cm³/mol. The molecule has 0 aromatic rings. The van der Waals surface area contributed by atoms with Gasteiger partial charge in [-0.15, -0.1) is 0 Å². The quantitative estimate of drug-likeness (QED) is 0.734. The van der Waals surface area contributed by atoms with Gasteiger partial charge in [0.05, 0.1) is 6.61 Å². The summed E-state index contributed by atoms with van der Waals surface area (Å²) in [6.07, 6.45) is 2.30. The van der Waals surface area contributed by atoms with Crippen LogP contribution in [0.25, 0.3) is 0 Å². The van der Waals surface area contributed by atoms with Gasteiger partial charge in [0.2, 0.25) is 0 Å². The zero-order valence-corrected chi connectivity index (χ0v) is 11.8. The Balaban J connectivity index is 1.86. The van der Waals surface area contributed by atoms with E-state index in [9.17, 15) is 5.11 Å². The summed E-state index contributed by atoms with van der Waals surface area (Å²) in [6.45, 7) is 10.9. The number of ether oxygens (including phenoxy) is 1. The van der Waals surface area contributed by atoms with Gasteiger partial charge in [-0.1, -0.05) is 13.8 Å². The molecule has 0 aromatic heterocycles. The van der Waals surface area contributed by atoms with Crippen LogP contribution in [0.4, 0.5) is 0 Å². The third-order valence-corrected chi connectivity index (χ3v) is 4.26. The van der Waals surface area contributed by atoms with Crippen LogP contribution in [0.1, 0.15) is 26.7 Å². The Morgan fingerprint density at radius 1 is 1.50 bits per heavy atom. The standard InChI is InChI=1S/C14H28N2O2/c1-12(2)15-9-14(4-6-18-11-14)10-16-5-3-13(7-16)8-17/h12-13,15,17H,3-11H2,1-2H3. The second-order valence-corrected chi connectivity index (χ2v) is 6.41. The van der Waals surface area contributed by atoms with E-state index in [-0.39, 0.29) is 5.41 Å². The van der Waals surface area contributed by atoms with E-state index >= 15 is 0 Å². The maximum atomic E-state index is 9.22. The minimum Gasteiger partial charge on any atom is -0.396 e. The molecule has 2 unspecified atom stereocenters. The highest BCUT2D eigenvalue weighted by molar-refractivity contribution is 4.91. The zero-order chi connectivity index (χ0) is 13.0. The Kier molecular flexibility index (Phi) is 5.01. The van der Waals surface area contributed by atoms with Crippen LogP contribution in [-0.4, -0.2) is 62.0 Å². The van der Waals surface area contributed by atoms with Crippen LogP contribution < -0.4 is 5.32 Å². The average molecular weight is 256 g/mol. The zero-order valence-electron chi connectivity index (χ0n) is 11.8. The van der Waals surface area contributed by atoms with Crippen LogP contribution in [0.15, 0.2) is 0 Å². The number of hydrogen-bond donors (Lipinski definition) is 2. The monoisotopic (exact) mass is 256 g/mol. The van der Waals surface area contributed by atoms with Crippen LogP contribution in [0.2, 0.25) is 0 Å². The lowest BCUT2D eigenvalue weighted by Gasteiger charge is -2.33. The number of likely N-dealkylation sites (tertiary alicyclic amines) is 1. The molecule has 0 amide bonds. The van der Waals surface area contributed by atoms with Crippen LogP contribution in [0, 0.1) is 11.3 Å². The van der Waals surface area contributed by atoms with Crippen molar-refractivity contribution in [3.8, 4) is 0 Å². The second-order valence-electron chi connectivity index (χ2n) is 6.41. The summed E-state index contributed by atoms with van der Waals surface area (Å²) < 4.78 is 5.64. The van der Waals surface area contributed by atoms with Crippen molar-refractivity contribution in [1.82, 2.24) is 10.2 Å². The molecule has 2 aliphatic rings. The van der Waals surface area contributed by atoms with Crippen molar-refractivity contribution < 1.29 is 9.84 Å². The van der Waals surface area contributed by atoms with Gasteiger partial charge in [0.25, 0.3) is 0 Å². The molecule has 2 N–H and O–H groups in total. The van der Waals surface area contributed by atoms with Crippen LogP contribution >= 0.6 is 0 Å². The first-order chi connectivity index (χ1) is 8.63. The molecule has 18 heavy (non-hydrogen) atoms.